The van der Waals surface area contributed by atoms with E-state index in [9.17, 15) is 0 Å². The average molecular weight is 487 g/mol. The molecule has 0 spiro atoms. The minimum absolute atomic E-state index is 0.685. The standard InChI is InChI=1S/C23H26N4S4/c1-6-19-23(31)18(24-4)11-12(2)20(28)14-7-9-16(25-14)22(30)17-10-8-15(26-17)21(29)13(3)27(19)5/h7-11,24,28-31H,2,6H2,1,3-5H3. The lowest BCUT2D eigenvalue weighted by molar-refractivity contribution is 0.499. The van der Waals surface area contributed by atoms with Gasteiger partial charge in [-0.15, -0.1) is 50.5 Å². The maximum Gasteiger partial charge on any atom is 0.0793 e. The molecule has 4 nitrogen and oxygen atoms in total. The van der Waals surface area contributed by atoms with Crippen molar-refractivity contribution in [3.05, 3.63) is 90.6 Å². The van der Waals surface area contributed by atoms with Crippen molar-refractivity contribution in [2.75, 3.05) is 14.1 Å². The molecule has 1 N–H and O–H groups in total. The normalized spacial score (nSPS) is 20.2. The monoisotopic (exact) mass is 486 g/mol. The van der Waals surface area contributed by atoms with E-state index in [0.29, 0.717) is 9.81 Å². The van der Waals surface area contributed by atoms with Gasteiger partial charge in [-0.25, -0.2) is 9.98 Å². The van der Waals surface area contributed by atoms with Crippen molar-refractivity contribution >= 4 is 61.9 Å². The Bertz CT molecular complexity index is 1120. The number of nitrogens with zero attached hydrogens (tertiary/aromatic N) is 3. The zero-order chi connectivity index (χ0) is 22.9. The summed E-state index contributed by atoms with van der Waals surface area (Å²) in [5.41, 5.74) is 6.55. The maximum absolute atomic E-state index is 4.85. The maximum atomic E-state index is 4.85. The third-order valence-electron chi connectivity index (χ3n) is 5.26. The second-order valence-corrected chi connectivity index (χ2v) is 8.89. The highest BCUT2D eigenvalue weighted by Crippen LogP contribution is 2.32. The number of likely N-dealkylation sites (N-methyl/N-ethyl adjacent to an activating group) is 1. The number of hydrogen-bond acceptors (Lipinski definition) is 8. The van der Waals surface area contributed by atoms with Gasteiger partial charge in [-0.2, -0.15) is 0 Å². The van der Waals surface area contributed by atoms with Gasteiger partial charge in [-0.05, 0) is 49.3 Å². The second-order valence-electron chi connectivity index (χ2n) is 7.10. The summed E-state index contributed by atoms with van der Waals surface area (Å²) in [6.45, 7) is 8.31. The summed E-state index contributed by atoms with van der Waals surface area (Å²) in [6.07, 6.45) is 10.4. The summed E-state index contributed by atoms with van der Waals surface area (Å²) in [5, 5.41) is 3.23. The van der Waals surface area contributed by atoms with Crippen LogP contribution in [-0.2, 0) is 0 Å². The van der Waals surface area contributed by atoms with Crippen LogP contribution in [0.5, 0.6) is 0 Å². The van der Waals surface area contributed by atoms with Gasteiger partial charge in [-0.1, -0.05) is 13.5 Å². The zero-order valence-electron chi connectivity index (χ0n) is 17.9. The first-order chi connectivity index (χ1) is 14.7. The number of aliphatic imine (C=N–C) groups is 2. The van der Waals surface area contributed by atoms with Crippen LogP contribution in [0.2, 0.25) is 0 Å². The van der Waals surface area contributed by atoms with Gasteiger partial charge in [0.2, 0.25) is 0 Å². The number of hydrogen-bond donors (Lipinski definition) is 5. The van der Waals surface area contributed by atoms with E-state index in [1.54, 1.807) is 0 Å². The predicted octanol–water partition coefficient (Wildman–Crippen LogP) is 5.61. The van der Waals surface area contributed by atoms with E-state index in [-0.39, 0.29) is 0 Å². The van der Waals surface area contributed by atoms with Gasteiger partial charge in [0.25, 0.3) is 0 Å². The van der Waals surface area contributed by atoms with Crippen molar-refractivity contribution < 1.29 is 0 Å². The third kappa shape index (κ3) is 4.72. The number of rotatable bonds is 2. The number of thiol groups is 4. The average Bonchev–Trinajstić information content (AvgIpc) is 3.45. The Balaban J connectivity index is 2.31. The number of nitrogens with one attached hydrogen (secondary N) is 1. The van der Waals surface area contributed by atoms with Crippen LogP contribution in [0, 0.1) is 0 Å². The largest absolute Gasteiger partial charge is 0.387 e. The van der Waals surface area contributed by atoms with Crippen LogP contribution in [0.1, 0.15) is 20.3 Å². The molecular formula is C23H26N4S4. The highest BCUT2D eigenvalue weighted by Gasteiger charge is 2.20. The van der Waals surface area contributed by atoms with E-state index < -0.39 is 0 Å². The molecular weight excluding hydrogens is 461 g/mol. The molecule has 3 heterocycles. The summed E-state index contributed by atoms with van der Waals surface area (Å²) < 4.78 is 0. The van der Waals surface area contributed by atoms with E-state index in [4.69, 9.17) is 30.2 Å². The molecule has 0 fully saturated rings. The first-order valence-corrected chi connectivity index (χ1v) is 11.5. The minimum Gasteiger partial charge on any atom is -0.387 e. The zero-order valence-corrected chi connectivity index (χ0v) is 21.5. The summed E-state index contributed by atoms with van der Waals surface area (Å²) in [5.74, 6) is 0. The Morgan fingerprint density at radius 1 is 0.903 bits per heavy atom. The first kappa shape index (κ1) is 23.9. The molecule has 3 rings (SSSR count). The van der Waals surface area contributed by atoms with Crippen LogP contribution in [0.3, 0.4) is 0 Å². The lowest BCUT2D eigenvalue weighted by Gasteiger charge is -2.27. The van der Waals surface area contributed by atoms with Crippen LogP contribution in [0.25, 0.3) is 0 Å². The smallest absolute Gasteiger partial charge is 0.0793 e. The molecule has 3 aliphatic heterocycles. The highest BCUT2D eigenvalue weighted by atomic mass is 32.1. The molecule has 4 bridgehead atoms. The van der Waals surface area contributed by atoms with Crippen LogP contribution >= 0.6 is 50.5 Å². The molecule has 0 aromatic heterocycles. The predicted molar refractivity (Wildman–Crippen MR) is 147 cm³/mol. The summed E-state index contributed by atoms with van der Waals surface area (Å²) in [7, 11) is 3.87. The van der Waals surface area contributed by atoms with E-state index >= 15 is 0 Å². The van der Waals surface area contributed by atoms with Crippen molar-refractivity contribution in [1.29, 1.82) is 0 Å². The van der Waals surface area contributed by atoms with Crippen LogP contribution in [-0.4, -0.2) is 30.4 Å². The molecule has 0 aromatic rings. The summed E-state index contributed by atoms with van der Waals surface area (Å²) >= 11 is 19.0. The Morgan fingerprint density at radius 2 is 1.45 bits per heavy atom. The molecule has 0 aromatic carbocycles. The molecule has 0 radical (unpaired) electrons. The van der Waals surface area contributed by atoms with Crippen LogP contribution < -0.4 is 5.32 Å². The van der Waals surface area contributed by atoms with Gasteiger partial charge in [0.15, 0.2) is 0 Å². The van der Waals surface area contributed by atoms with Crippen molar-refractivity contribution in [2.45, 2.75) is 20.3 Å². The van der Waals surface area contributed by atoms with Crippen LogP contribution in [0.4, 0.5) is 0 Å². The fraction of sp³-hybridized carbons (Fsp3) is 0.217. The molecule has 0 saturated heterocycles. The van der Waals surface area contributed by atoms with Crippen molar-refractivity contribution in [3.63, 3.8) is 0 Å². The van der Waals surface area contributed by atoms with Gasteiger partial charge >= 0.3 is 0 Å². The third-order valence-corrected chi connectivity index (χ3v) is 7.28. The number of fused-ring (bicyclic) bond motifs is 2. The second kappa shape index (κ2) is 9.81. The van der Waals surface area contributed by atoms with E-state index in [1.807, 2.05) is 51.4 Å². The Morgan fingerprint density at radius 3 is 2.00 bits per heavy atom. The van der Waals surface area contributed by atoms with Gasteiger partial charge < -0.3 is 10.2 Å². The van der Waals surface area contributed by atoms with Crippen molar-refractivity contribution in [2.24, 2.45) is 9.98 Å². The molecule has 3 aliphatic rings. The molecule has 162 valence electrons. The van der Waals surface area contributed by atoms with Crippen LogP contribution in [0.15, 0.2) is 101 Å². The molecule has 31 heavy (non-hydrogen) atoms. The fourth-order valence-electron chi connectivity index (χ4n) is 3.31. The summed E-state index contributed by atoms with van der Waals surface area (Å²) in [6, 6.07) is 0. The van der Waals surface area contributed by atoms with E-state index in [0.717, 1.165) is 61.7 Å². The topological polar surface area (TPSA) is 40.0 Å². The molecule has 0 amide bonds. The number of allylic oxidation sites excluding steroid dienone is 10. The molecule has 0 atom stereocenters. The minimum atomic E-state index is 0.685. The van der Waals surface area contributed by atoms with E-state index in [2.05, 4.69) is 54.0 Å². The van der Waals surface area contributed by atoms with Gasteiger partial charge in [0.05, 0.1) is 27.7 Å². The summed E-state index contributed by atoms with van der Waals surface area (Å²) in [4.78, 5) is 14.5. The van der Waals surface area contributed by atoms with E-state index in [1.165, 1.54) is 0 Å². The quantitative estimate of drug-likeness (QED) is 0.329. The van der Waals surface area contributed by atoms with Crippen molar-refractivity contribution in [1.82, 2.24) is 10.2 Å². The SMILES string of the molecule is C=C1C=C(NC)C(S)=C(CC)N(C)C(C)=C(S)C2=NC(=C(S)C3=NC(=C1S)C=C3)C=C2. The molecule has 0 unspecified atom stereocenters. The molecule has 8 heteroatoms. The first-order valence-electron chi connectivity index (χ1n) is 9.75. The Labute approximate surface area is 206 Å². The fourth-order valence-corrected chi connectivity index (χ4v) is 4.51. The lowest BCUT2D eigenvalue weighted by Crippen LogP contribution is -2.20. The lowest BCUT2D eigenvalue weighted by atomic mass is 10.1. The van der Waals surface area contributed by atoms with Gasteiger partial charge in [0, 0.05) is 45.9 Å². The molecule has 0 aliphatic carbocycles. The highest BCUT2D eigenvalue weighted by molar-refractivity contribution is 7.86. The Hall–Kier alpha value is -1.74. The van der Waals surface area contributed by atoms with Crippen molar-refractivity contribution in [3.8, 4) is 0 Å². The molecule has 0 saturated carbocycles. The van der Waals surface area contributed by atoms with Gasteiger partial charge in [0.1, 0.15) is 0 Å². The Kier molecular flexibility index (Phi) is 7.57. The van der Waals surface area contributed by atoms with Gasteiger partial charge in [-0.3, -0.25) is 0 Å².